The molecule has 17 heavy (non-hydrogen) atoms. The highest BCUT2D eigenvalue weighted by Crippen LogP contribution is 2.20. The smallest absolute Gasteiger partial charge is 0.315 e. The highest BCUT2D eigenvalue weighted by atomic mass is 16.4. The van der Waals surface area contributed by atoms with Crippen molar-refractivity contribution in [3.05, 3.63) is 5.89 Å². The van der Waals surface area contributed by atoms with Crippen LogP contribution in [0.3, 0.4) is 0 Å². The van der Waals surface area contributed by atoms with Crippen LogP contribution in [0.2, 0.25) is 0 Å². The van der Waals surface area contributed by atoms with Crippen molar-refractivity contribution < 1.29 is 4.42 Å². The van der Waals surface area contributed by atoms with Crippen LogP contribution < -0.4 is 5.32 Å². The summed E-state index contributed by atoms with van der Waals surface area (Å²) in [6.07, 6.45) is 7.74. The standard InChI is InChI=1S/C12H22N4O/c1-16(2)9-11-14-15-12(17-11)13-10-7-5-3-4-6-8-10/h10H,3-9H2,1-2H3,(H,13,15). The largest absolute Gasteiger partial charge is 0.407 e. The topological polar surface area (TPSA) is 54.2 Å². The van der Waals surface area contributed by atoms with Crippen LogP contribution in [0.1, 0.15) is 44.4 Å². The van der Waals surface area contributed by atoms with E-state index in [1.54, 1.807) is 0 Å². The first kappa shape index (κ1) is 12.4. The Morgan fingerprint density at radius 3 is 2.53 bits per heavy atom. The van der Waals surface area contributed by atoms with E-state index in [0.717, 1.165) is 0 Å². The van der Waals surface area contributed by atoms with E-state index >= 15 is 0 Å². The van der Waals surface area contributed by atoms with Crippen molar-refractivity contribution in [1.29, 1.82) is 0 Å². The summed E-state index contributed by atoms with van der Waals surface area (Å²) in [4.78, 5) is 2.02. The lowest BCUT2D eigenvalue weighted by molar-refractivity contribution is 0.343. The molecule has 1 N–H and O–H groups in total. The Hall–Kier alpha value is -1.10. The average molecular weight is 238 g/mol. The van der Waals surface area contributed by atoms with Gasteiger partial charge in [-0.1, -0.05) is 30.8 Å². The van der Waals surface area contributed by atoms with Gasteiger partial charge in [-0.05, 0) is 26.9 Å². The normalized spacial score (nSPS) is 18.3. The fourth-order valence-electron chi connectivity index (χ4n) is 2.24. The molecule has 0 unspecified atom stereocenters. The van der Waals surface area contributed by atoms with E-state index in [2.05, 4.69) is 15.5 Å². The van der Waals surface area contributed by atoms with E-state index in [4.69, 9.17) is 4.42 Å². The number of nitrogens with one attached hydrogen (secondary N) is 1. The zero-order valence-corrected chi connectivity index (χ0v) is 10.8. The molecule has 0 spiro atoms. The Balaban J connectivity index is 1.86. The summed E-state index contributed by atoms with van der Waals surface area (Å²) in [7, 11) is 3.98. The van der Waals surface area contributed by atoms with E-state index in [9.17, 15) is 0 Å². The number of anilines is 1. The van der Waals surface area contributed by atoms with Crippen LogP contribution in [0.15, 0.2) is 4.42 Å². The zero-order valence-electron chi connectivity index (χ0n) is 10.8. The first-order chi connectivity index (χ1) is 8.24. The molecule has 0 aliphatic heterocycles. The average Bonchev–Trinajstić information content (AvgIpc) is 2.54. The molecule has 0 saturated heterocycles. The number of hydrogen-bond acceptors (Lipinski definition) is 5. The molecule has 5 nitrogen and oxygen atoms in total. The van der Waals surface area contributed by atoms with Crippen LogP contribution in [-0.4, -0.2) is 35.2 Å². The third kappa shape index (κ3) is 4.00. The van der Waals surface area contributed by atoms with Crippen LogP contribution in [0.5, 0.6) is 0 Å². The van der Waals surface area contributed by atoms with Crippen LogP contribution in [-0.2, 0) is 6.54 Å². The van der Waals surface area contributed by atoms with Gasteiger partial charge in [0.15, 0.2) is 0 Å². The van der Waals surface area contributed by atoms with Crippen LogP contribution >= 0.6 is 0 Å². The summed E-state index contributed by atoms with van der Waals surface area (Å²) < 4.78 is 5.56. The molecule has 1 aliphatic rings. The molecule has 5 heteroatoms. The van der Waals surface area contributed by atoms with Crippen LogP contribution in [0.25, 0.3) is 0 Å². The molecule has 0 atom stereocenters. The highest BCUT2D eigenvalue weighted by molar-refractivity contribution is 5.19. The van der Waals surface area contributed by atoms with Crippen molar-refractivity contribution in [3.63, 3.8) is 0 Å². The molecule has 1 aromatic rings. The molecule has 2 rings (SSSR count). The Morgan fingerprint density at radius 1 is 1.18 bits per heavy atom. The van der Waals surface area contributed by atoms with Gasteiger partial charge in [0.2, 0.25) is 5.89 Å². The van der Waals surface area contributed by atoms with Gasteiger partial charge in [0.1, 0.15) is 0 Å². The molecule has 0 amide bonds. The first-order valence-corrected chi connectivity index (χ1v) is 6.47. The second kappa shape index (κ2) is 6.00. The van der Waals surface area contributed by atoms with Gasteiger partial charge in [0, 0.05) is 6.04 Å². The van der Waals surface area contributed by atoms with Gasteiger partial charge in [-0.15, -0.1) is 5.10 Å². The monoisotopic (exact) mass is 238 g/mol. The minimum atomic E-state index is 0.505. The van der Waals surface area contributed by atoms with Gasteiger partial charge >= 0.3 is 6.01 Å². The molecule has 1 aliphatic carbocycles. The van der Waals surface area contributed by atoms with Crippen molar-refractivity contribution in [1.82, 2.24) is 15.1 Å². The van der Waals surface area contributed by atoms with Crippen molar-refractivity contribution >= 4 is 6.01 Å². The number of aromatic nitrogens is 2. The molecule has 0 aromatic carbocycles. The predicted octanol–water partition coefficient (Wildman–Crippen LogP) is 2.27. The molecule has 1 saturated carbocycles. The molecule has 1 fully saturated rings. The number of nitrogens with zero attached hydrogens (tertiary/aromatic N) is 3. The van der Waals surface area contributed by atoms with Crippen molar-refractivity contribution in [2.24, 2.45) is 0 Å². The third-order valence-electron chi connectivity index (χ3n) is 3.10. The van der Waals surface area contributed by atoms with E-state index in [-0.39, 0.29) is 0 Å². The summed E-state index contributed by atoms with van der Waals surface area (Å²) in [5, 5.41) is 11.4. The zero-order chi connectivity index (χ0) is 12.1. The molecular formula is C12H22N4O. The fourth-order valence-corrected chi connectivity index (χ4v) is 2.24. The molecule has 96 valence electrons. The lowest BCUT2D eigenvalue weighted by atomic mass is 10.1. The Labute approximate surface area is 103 Å². The van der Waals surface area contributed by atoms with E-state index in [0.29, 0.717) is 24.5 Å². The van der Waals surface area contributed by atoms with Gasteiger partial charge in [0.25, 0.3) is 0 Å². The maximum Gasteiger partial charge on any atom is 0.315 e. The third-order valence-corrected chi connectivity index (χ3v) is 3.10. The minimum absolute atomic E-state index is 0.505. The summed E-state index contributed by atoms with van der Waals surface area (Å²) in [5.41, 5.74) is 0. The van der Waals surface area contributed by atoms with E-state index in [1.165, 1.54) is 38.5 Å². The second-order valence-corrected chi connectivity index (χ2v) is 5.07. The van der Waals surface area contributed by atoms with Crippen molar-refractivity contribution in [2.45, 2.75) is 51.1 Å². The second-order valence-electron chi connectivity index (χ2n) is 5.07. The number of hydrogen-bond donors (Lipinski definition) is 1. The van der Waals surface area contributed by atoms with Crippen molar-refractivity contribution in [3.8, 4) is 0 Å². The fraction of sp³-hybridized carbons (Fsp3) is 0.833. The Morgan fingerprint density at radius 2 is 1.88 bits per heavy atom. The van der Waals surface area contributed by atoms with Crippen LogP contribution in [0.4, 0.5) is 6.01 Å². The van der Waals surface area contributed by atoms with Gasteiger partial charge < -0.3 is 14.6 Å². The maximum absolute atomic E-state index is 5.56. The SMILES string of the molecule is CN(C)Cc1nnc(NC2CCCCCC2)o1. The summed E-state index contributed by atoms with van der Waals surface area (Å²) >= 11 is 0. The molecule has 0 bridgehead atoms. The van der Waals surface area contributed by atoms with Gasteiger partial charge in [-0.25, -0.2) is 0 Å². The maximum atomic E-state index is 5.56. The number of rotatable bonds is 4. The van der Waals surface area contributed by atoms with E-state index < -0.39 is 0 Å². The van der Waals surface area contributed by atoms with Crippen molar-refractivity contribution in [2.75, 3.05) is 19.4 Å². The highest BCUT2D eigenvalue weighted by Gasteiger charge is 2.15. The molecule has 1 aromatic heterocycles. The molecule has 1 heterocycles. The lowest BCUT2D eigenvalue weighted by Gasteiger charge is -2.13. The minimum Gasteiger partial charge on any atom is -0.407 e. The Bertz CT molecular complexity index is 329. The Kier molecular flexibility index (Phi) is 4.36. The van der Waals surface area contributed by atoms with Gasteiger partial charge in [-0.3, -0.25) is 0 Å². The summed E-state index contributed by atoms with van der Waals surface area (Å²) in [6, 6.07) is 1.08. The first-order valence-electron chi connectivity index (χ1n) is 6.47. The van der Waals surface area contributed by atoms with Gasteiger partial charge in [-0.2, -0.15) is 0 Å². The summed E-state index contributed by atoms with van der Waals surface area (Å²) in [5.74, 6) is 0.672. The quantitative estimate of drug-likeness (QED) is 0.815. The van der Waals surface area contributed by atoms with E-state index in [1.807, 2.05) is 19.0 Å². The summed E-state index contributed by atoms with van der Waals surface area (Å²) in [6.45, 7) is 0.694. The predicted molar refractivity (Wildman–Crippen MR) is 66.8 cm³/mol. The van der Waals surface area contributed by atoms with Crippen LogP contribution in [0, 0.1) is 0 Å². The lowest BCUT2D eigenvalue weighted by Crippen LogP contribution is -2.18. The molecular weight excluding hydrogens is 216 g/mol. The van der Waals surface area contributed by atoms with Gasteiger partial charge in [0.05, 0.1) is 6.54 Å². The molecule has 0 radical (unpaired) electrons.